The largest absolute Gasteiger partial charge is 0.478 e. The summed E-state index contributed by atoms with van der Waals surface area (Å²) in [7, 11) is 0. The van der Waals surface area contributed by atoms with Crippen LogP contribution < -0.4 is 0 Å². The first kappa shape index (κ1) is 12.1. The lowest BCUT2D eigenvalue weighted by molar-refractivity contribution is -0.115. The SMILES string of the molecule is CC(=O)CC(C)=Nc1ccccc1C(=O)O. The van der Waals surface area contributed by atoms with Crippen LogP contribution in [-0.2, 0) is 4.79 Å². The fourth-order valence-corrected chi connectivity index (χ4v) is 1.36. The topological polar surface area (TPSA) is 66.7 Å². The summed E-state index contributed by atoms with van der Waals surface area (Å²) in [6, 6.07) is 6.46. The van der Waals surface area contributed by atoms with Gasteiger partial charge in [-0.05, 0) is 26.0 Å². The number of carbonyl (C=O) groups is 2. The highest BCUT2D eigenvalue weighted by molar-refractivity contribution is 6.02. The quantitative estimate of drug-likeness (QED) is 0.791. The Kier molecular flexibility index (Phi) is 3.94. The number of carboxylic acids is 1. The first-order valence-electron chi connectivity index (χ1n) is 4.86. The molecule has 0 aliphatic carbocycles. The number of Topliss-reactive ketones (excluding diaryl/α,β-unsaturated/α-hetero) is 1. The van der Waals surface area contributed by atoms with Gasteiger partial charge in [0, 0.05) is 12.1 Å². The van der Waals surface area contributed by atoms with Gasteiger partial charge < -0.3 is 5.11 Å². The second-order valence-corrected chi connectivity index (χ2v) is 3.55. The third kappa shape index (κ3) is 3.31. The maximum absolute atomic E-state index is 10.9. The number of hydrogen-bond donors (Lipinski definition) is 1. The highest BCUT2D eigenvalue weighted by Gasteiger charge is 2.08. The lowest BCUT2D eigenvalue weighted by Gasteiger charge is -2.02. The summed E-state index contributed by atoms with van der Waals surface area (Å²) in [5.74, 6) is -1.01. The van der Waals surface area contributed by atoms with Crippen molar-refractivity contribution in [2.45, 2.75) is 20.3 Å². The van der Waals surface area contributed by atoms with Gasteiger partial charge in [0.15, 0.2) is 0 Å². The van der Waals surface area contributed by atoms with Crippen LogP contribution in [0.4, 0.5) is 5.69 Å². The molecular weight excluding hydrogens is 206 g/mol. The molecule has 1 N–H and O–H groups in total. The standard InChI is InChI=1S/C12H13NO3/c1-8(7-9(2)14)13-11-6-4-3-5-10(11)12(15)16/h3-6H,7H2,1-2H3,(H,15,16). The fourth-order valence-electron chi connectivity index (χ4n) is 1.36. The predicted octanol–water partition coefficient (Wildman–Crippen LogP) is 2.46. The number of rotatable bonds is 4. The Morgan fingerprint density at radius 1 is 1.25 bits per heavy atom. The average Bonchev–Trinajstić information content (AvgIpc) is 2.16. The molecule has 0 fully saturated rings. The minimum atomic E-state index is -1.02. The van der Waals surface area contributed by atoms with Crippen LogP contribution in [-0.4, -0.2) is 22.6 Å². The van der Waals surface area contributed by atoms with E-state index in [2.05, 4.69) is 4.99 Å². The van der Waals surface area contributed by atoms with Crippen LogP contribution in [0.25, 0.3) is 0 Å². The number of aromatic carboxylic acids is 1. The Labute approximate surface area is 93.6 Å². The molecule has 0 saturated carbocycles. The molecule has 84 valence electrons. The second-order valence-electron chi connectivity index (χ2n) is 3.55. The molecule has 0 unspecified atom stereocenters. The van der Waals surface area contributed by atoms with Crippen molar-refractivity contribution in [3.8, 4) is 0 Å². The van der Waals surface area contributed by atoms with Gasteiger partial charge in [-0.25, -0.2) is 4.79 Å². The molecule has 0 aliphatic heterocycles. The summed E-state index contributed by atoms with van der Waals surface area (Å²) >= 11 is 0. The van der Waals surface area contributed by atoms with Crippen molar-refractivity contribution in [1.29, 1.82) is 0 Å². The number of aliphatic imine (C=N–C) groups is 1. The highest BCUT2D eigenvalue weighted by atomic mass is 16.4. The van der Waals surface area contributed by atoms with Crippen molar-refractivity contribution in [2.24, 2.45) is 4.99 Å². The monoisotopic (exact) mass is 219 g/mol. The highest BCUT2D eigenvalue weighted by Crippen LogP contribution is 2.19. The molecule has 4 nitrogen and oxygen atoms in total. The molecule has 16 heavy (non-hydrogen) atoms. The van der Waals surface area contributed by atoms with Gasteiger partial charge in [0.2, 0.25) is 0 Å². The van der Waals surface area contributed by atoms with E-state index in [1.807, 2.05) is 0 Å². The van der Waals surface area contributed by atoms with E-state index in [1.54, 1.807) is 25.1 Å². The lowest BCUT2D eigenvalue weighted by atomic mass is 10.1. The van der Waals surface area contributed by atoms with Gasteiger partial charge in [0.05, 0.1) is 11.3 Å². The van der Waals surface area contributed by atoms with Gasteiger partial charge in [-0.3, -0.25) is 9.79 Å². The number of benzene rings is 1. The molecule has 0 radical (unpaired) electrons. The molecule has 0 aliphatic rings. The molecular formula is C12H13NO3. The second kappa shape index (κ2) is 5.21. The zero-order chi connectivity index (χ0) is 12.1. The van der Waals surface area contributed by atoms with Crippen molar-refractivity contribution in [1.82, 2.24) is 0 Å². The number of hydrogen-bond acceptors (Lipinski definition) is 3. The molecule has 0 aromatic heterocycles. The summed E-state index contributed by atoms with van der Waals surface area (Å²) in [6.45, 7) is 3.18. The zero-order valence-corrected chi connectivity index (χ0v) is 9.23. The number of carboxylic acid groups (broad SMARTS) is 1. The number of ketones is 1. The summed E-state index contributed by atoms with van der Waals surface area (Å²) in [5, 5.41) is 8.92. The molecule has 0 spiro atoms. The van der Waals surface area contributed by atoms with Gasteiger partial charge in [0.1, 0.15) is 5.78 Å². The lowest BCUT2D eigenvalue weighted by Crippen LogP contribution is -2.01. The van der Waals surface area contributed by atoms with Gasteiger partial charge in [-0.15, -0.1) is 0 Å². The molecule has 4 heteroatoms. The Balaban J connectivity index is 3.04. The maximum atomic E-state index is 10.9. The molecule has 0 bridgehead atoms. The van der Waals surface area contributed by atoms with Crippen LogP contribution in [0.3, 0.4) is 0 Å². The first-order chi connectivity index (χ1) is 7.50. The van der Waals surface area contributed by atoms with Gasteiger partial charge in [-0.1, -0.05) is 12.1 Å². The number of para-hydroxylation sites is 1. The van der Waals surface area contributed by atoms with Crippen LogP contribution in [0.15, 0.2) is 29.3 Å². The maximum Gasteiger partial charge on any atom is 0.337 e. The molecule has 0 atom stereocenters. The Bertz CT molecular complexity index is 449. The fraction of sp³-hybridized carbons (Fsp3) is 0.250. The number of carbonyl (C=O) groups excluding carboxylic acids is 1. The van der Waals surface area contributed by atoms with E-state index in [0.717, 1.165) is 0 Å². The first-order valence-corrected chi connectivity index (χ1v) is 4.86. The summed E-state index contributed by atoms with van der Waals surface area (Å²) in [6.07, 6.45) is 0.244. The third-order valence-corrected chi connectivity index (χ3v) is 1.95. The molecule has 0 heterocycles. The van der Waals surface area contributed by atoms with Gasteiger partial charge in [-0.2, -0.15) is 0 Å². The van der Waals surface area contributed by atoms with Crippen LogP contribution in [0.2, 0.25) is 0 Å². The predicted molar refractivity (Wildman–Crippen MR) is 61.5 cm³/mol. The van der Waals surface area contributed by atoms with Crippen LogP contribution in [0, 0.1) is 0 Å². The van der Waals surface area contributed by atoms with E-state index in [4.69, 9.17) is 5.11 Å². The van der Waals surface area contributed by atoms with E-state index in [1.165, 1.54) is 13.0 Å². The Hall–Kier alpha value is -1.97. The Morgan fingerprint density at radius 2 is 1.88 bits per heavy atom. The molecule has 0 amide bonds. The number of nitrogens with zero attached hydrogens (tertiary/aromatic N) is 1. The van der Waals surface area contributed by atoms with Crippen molar-refractivity contribution in [3.05, 3.63) is 29.8 Å². The minimum Gasteiger partial charge on any atom is -0.478 e. The molecule has 1 aromatic rings. The summed E-state index contributed by atoms with van der Waals surface area (Å²) in [5.41, 5.74) is 1.14. The van der Waals surface area contributed by atoms with E-state index >= 15 is 0 Å². The normalized spacial score (nSPS) is 11.2. The van der Waals surface area contributed by atoms with Crippen molar-refractivity contribution < 1.29 is 14.7 Å². The summed E-state index contributed by atoms with van der Waals surface area (Å²) < 4.78 is 0. The van der Waals surface area contributed by atoms with E-state index in [0.29, 0.717) is 11.4 Å². The minimum absolute atomic E-state index is 0.00839. The van der Waals surface area contributed by atoms with E-state index in [-0.39, 0.29) is 17.8 Å². The zero-order valence-electron chi connectivity index (χ0n) is 9.23. The smallest absolute Gasteiger partial charge is 0.337 e. The summed E-state index contributed by atoms with van der Waals surface area (Å²) in [4.78, 5) is 25.9. The van der Waals surface area contributed by atoms with E-state index < -0.39 is 5.97 Å². The van der Waals surface area contributed by atoms with Crippen molar-refractivity contribution >= 4 is 23.2 Å². The molecule has 1 rings (SSSR count). The molecule has 1 aromatic carbocycles. The van der Waals surface area contributed by atoms with Gasteiger partial charge >= 0.3 is 5.97 Å². The van der Waals surface area contributed by atoms with Crippen LogP contribution in [0.1, 0.15) is 30.6 Å². The van der Waals surface area contributed by atoms with Crippen LogP contribution >= 0.6 is 0 Å². The average molecular weight is 219 g/mol. The van der Waals surface area contributed by atoms with Crippen molar-refractivity contribution in [2.75, 3.05) is 0 Å². The van der Waals surface area contributed by atoms with E-state index in [9.17, 15) is 9.59 Å². The van der Waals surface area contributed by atoms with Crippen molar-refractivity contribution in [3.63, 3.8) is 0 Å². The third-order valence-electron chi connectivity index (χ3n) is 1.95. The molecule has 0 saturated heterocycles. The Morgan fingerprint density at radius 3 is 2.44 bits per heavy atom. The van der Waals surface area contributed by atoms with Gasteiger partial charge in [0.25, 0.3) is 0 Å². The van der Waals surface area contributed by atoms with Crippen LogP contribution in [0.5, 0.6) is 0 Å².